The van der Waals surface area contributed by atoms with Gasteiger partial charge in [0.1, 0.15) is 5.70 Å². The Morgan fingerprint density at radius 1 is 0.848 bits per heavy atom. The molecule has 1 aliphatic rings. The van der Waals surface area contributed by atoms with Crippen molar-refractivity contribution in [2.45, 2.75) is 13.0 Å². The van der Waals surface area contributed by atoms with Gasteiger partial charge in [-0.05, 0) is 48.2 Å². The summed E-state index contributed by atoms with van der Waals surface area (Å²) in [5.74, 6) is -0.365. The third kappa shape index (κ3) is 3.99. The summed E-state index contributed by atoms with van der Waals surface area (Å²) in [5, 5.41) is 5.16. The van der Waals surface area contributed by atoms with Crippen molar-refractivity contribution in [2.24, 2.45) is 0 Å². The van der Waals surface area contributed by atoms with Gasteiger partial charge in [-0.3, -0.25) is 14.5 Å². The number of carbonyl (C=O) groups excluding carboxylic acids is 2. The first kappa shape index (κ1) is 20.9. The second kappa shape index (κ2) is 8.88. The molecular formula is C28H22N2O2S. The van der Waals surface area contributed by atoms with E-state index >= 15 is 0 Å². The number of amides is 1. The molecule has 1 aliphatic heterocycles. The van der Waals surface area contributed by atoms with Crippen LogP contribution in [0.3, 0.4) is 0 Å². The van der Waals surface area contributed by atoms with Gasteiger partial charge in [0.05, 0.1) is 16.5 Å². The first-order valence-electron chi connectivity index (χ1n) is 10.7. The second-order valence-corrected chi connectivity index (χ2v) is 8.86. The van der Waals surface area contributed by atoms with Crippen LogP contribution in [0.15, 0.2) is 114 Å². The SMILES string of the molecule is Cc1ccc(NC2=C(C(=O)c3cccs3)C(c3ccccc3)N(c3ccccc3)C2=O)cc1. The number of ketones is 1. The molecule has 2 heterocycles. The van der Waals surface area contributed by atoms with Gasteiger partial charge in [0.15, 0.2) is 0 Å². The highest BCUT2D eigenvalue weighted by Crippen LogP contribution is 2.43. The average molecular weight is 451 g/mol. The van der Waals surface area contributed by atoms with E-state index in [2.05, 4.69) is 5.32 Å². The first-order chi connectivity index (χ1) is 16.1. The van der Waals surface area contributed by atoms with E-state index in [0.717, 1.165) is 22.5 Å². The lowest BCUT2D eigenvalue weighted by Crippen LogP contribution is -2.31. The van der Waals surface area contributed by atoms with Crippen LogP contribution in [0, 0.1) is 6.92 Å². The summed E-state index contributed by atoms with van der Waals surface area (Å²) in [4.78, 5) is 30.0. The van der Waals surface area contributed by atoms with Crippen LogP contribution in [0.1, 0.15) is 26.8 Å². The molecule has 1 unspecified atom stereocenters. The zero-order chi connectivity index (χ0) is 22.8. The van der Waals surface area contributed by atoms with Crippen molar-refractivity contribution in [1.82, 2.24) is 0 Å². The summed E-state index contributed by atoms with van der Waals surface area (Å²) in [5.41, 5.74) is 4.29. The Bertz CT molecular complexity index is 1310. The lowest BCUT2D eigenvalue weighted by atomic mass is 9.94. The van der Waals surface area contributed by atoms with Crippen molar-refractivity contribution >= 4 is 34.4 Å². The predicted molar refractivity (Wildman–Crippen MR) is 134 cm³/mol. The molecule has 5 rings (SSSR count). The average Bonchev–Trinajstić information content (AvgIpc) is 3.49. The van der Waals surface area contributed by atoms with E-state index in [0.29, 0.717) is 16.1 Å². The monoisotopic (exact) mass is 450 g/mol. The number of anilines is 2. The fourth-order valence-electron chi connectivity index (χ4n) is 4.10. The van der Waals surface area contributed by atoms with Crippen LogP contribution in [0.2, 0.25) is 0 Å². The standard InChI is InChI=1S/C28H22N2O2S/c1-19-14-16-21(17-15-19)29-25-24(27(31)23-13-8-18-33-23)26(20-9-4-2-5-10-20)30(28(25)32)22-11-6-3-7-12-22/h2-18,26,29H,1H3. The molecule has 162 valence electrons. The van der Waals surface area contributed by atoms with Crippen LogP contribution in [0.25, 0.3) is 0 Å². The van der Waals surface area contributed by atoms with Gasteiger partial charge in [0, 0.05) is 11.4 Å². The van der Waals surface area contributed by atoms with Crippen LogP contribution >= 0.6 is 11.3 Å². The largest absolute Gasteiger partial charge is 0.351 e. The zero-order valence-corrected chi connectivity index (χ0v) is 18.9. The molecule has 1 N–H and O–H groups in total. The summed E-state index contributed by atoms with van der Waals surface area (Å²) >= 11 is 1.38. The van der Waals surface area contributed by atoms with Crippen molar-refractivity contribution in [3.8, 4) is 0 Å². The quantitative estimate of drug-likeness (QED) is 0.346. The number of benzene rings is 3. The van der Waals surface area contributed by atoms with Crippen molar-refractivity contribution in [1.29, 1.82) is 0 Å². The molecule has 33 heavy (non-hydrogen) atoms. The normalized spacial score (nSPS) is 15.7. The van der Waals surface area contributed by atoms with Crippen LogP contribution < -0.4 is 10.2 Å². The fourth-order valence-corrected chi connectivity index (χ4v) is 4.78. The molecule has 5 heteroatoms. The number of thiophene rings is 1. The maximum absolute atomic E-state index is 13.9. The molecular weight excluding hydrogens is 428 g/mol. The molecule has 4 aromatic rings. The summed E-state index contributed by atoms with van der Waals surface area (Å²) < 4.78 is 0. The van der Waals surface area contributed by atoms with Crippen LogP contribution in [0.5, 0.6) is 0 Å². The van der Waals surface area contributed by atoms with Gasteiger partial charge < -0.3 is 5.32 Å². The van der Waals surface area contributed by atoms with Crippen molar-refractivity contribution < 1.29 is 9.59 Å². The van der Waals surface area contributed by atoms with Gasteiger partial charge >= 0.3 is 0 Å². The Balaban J connectivity index is 1.71. The third-order valence-electron chi connectivity index (χ3n) is 5.69. The van der Waals surface area contributed by atoms with Crippen molar-refractivity contribution in [2.75, 3.05) is 10.2 Å². The van der Waals surface area contributed by atoms with E-state index in [1.54, 1.807) is 11.0 Å². The summed E-state index contributed by atoms with van der Waals surface area (Å²) in [6, 6.07) is 30.2. The van der Waals surface area contributed by atoms with Gasteiger partial charge in [0.25, 0.3) is 5.91 Å². The minimum atomic E-state index is -0.538. The maximum atomic E-state index is 13.9. The molecule has 0 bridgehead atoms. The summed E-state index contributed by atoms with van der Waals surface area (Å²) in [6.07, 6.45) is 0. The lowest BCUT2D eigenvalue weighted by molar-refractivity contribution is -0.114. The van der Waals surface area contributed by atoms with Gasteiger partial charge in [-0.1, -0.05) is 72.3 Å². The number of rotatable bonds is 6. The van der Waals surface area contributed by atoms with Gasteiger partial charge in [0.2, 0.25) is 5.78 Å². The Kier molecular flexibility index (Phi) is 5.63. The summed E-state index contributed by atoms with van der Waals surface area (Å²) in [6.45, 7) is 2.01. The number of nitrogens with zero attached hydrogens (tertiary/aromatic N) is 1. The molecule has 1 aromatic heterocycles. The number of hydrogen-bond donors (Lipinski definition) is 1. The molecule has 0 saturated heterocycles. The number of aryl methyl sites for hydroxylation is 1. The van der Waals surface area contributed by atoms with E-state index in [4.69, 9.17) is 0 Å². The summed E-state index contributed by atoms with van der Waals surface area (Å²) in [7, 11) is 0. The highest BCUT2D eigenvalue weighted by molar-refractivity contribution is 7.12. The third-order valence-corrected chi connectivity index (χ3v) is 6.56. The van der Waals surface area contributed by atoms with Crippen molar-refractivity contribution in [3.63, 3.8) is 0 Å². The molecule has 1 amide bonds. The topological polar surface area (TPSA) is 49.4 Å². The van der Waals surface area contributed by atoms with Gasteiger partial charge in [-0.2, -0.15) is 0 Å². The highest BCUT2D eigenvalue weighted by atomic mass is 32.1. The van der Waals surface area contributed by atoms with Gasteiger partial charge in [-0.25, -0.2) is 0 Å². The number of hydrogen-bond acceptors (Lipinski definition) is 4. The smallest absolute Gasteiger partial charge is 0.276 e. The molecule has 0 saturated carbocycles. The molecule has 3 aromatic carbocycles. The molecule has 0 radical (unpaired) electrons. The first-order valence-corrected chi connectivity index (χ1v) is 11.6. The molecule has 1 atom stereocenters. The Morgan fingerprint density at radius 2 is 1.52 bits per heavy atom. The lowest BCUT2D eigenvalue weighted by Gasteiger charge is -2.27. The van der Waals surface area contributed by atoms with Gasteiger partial charge in [-0.15, -0.1) is 11.3 Å². The van der Waals surface area contributed by atoms with Crippen LogP contribution in [0.4, 0.5) is 11.4 Å². The minimum absolute atomic E-state index is 0.139. The van der Waals surface area contributed by atoms with Crippen molar-refractivity contribution in [3.05, 3.63) is 130 Å². The number of carbonyl (C=O) groups is 2. The van der Waals surface area contributed by atoms with E-state index in [1.165, 1.54) is 11.3 Å². The number of para-hydroxylation sites is 1. The number of Topliss-reactive ketones (excluding diaryl/α,β-unsaturated/α-hetero) is 1. The fraction of sp³-hybridized carbons (Fsp3) is 0.0714. The molecule has 0 spiro atoms. The minimum Gasteiger partial charge on any atom is -0.351 e. The van der Waals surface area contributed by atoms with Crippen LogP contribution in [-0.2, 0) is 4.79 Å². The Morgan fingerprint density at radius 3 is 2.15 bits per heavy atom. The molecule has 4 nitrogen and oxygen atoms in total. The zero-order valence-electron chi connectivity index (χ0n) is 18.1. The van der Waals surface area contributed by atoms with E-state index in [9.17, 15) is 9.59 Å². The number of nitrogens with one attached hydrogen (secondary N) is 1. The molecule has 0 fully saturated rings. The van der Waals surface area contributed by atoms with Crippen LogP contribution in [-0.4, -0.2) is 11.7 Å². The van der Waals surface area contributed by atoms with E-state index in [1.807, 2.05) is 103 Å². The Hall–Kier alpha value is -3.96. The van der Waals surface area contributed by atoms with E-state index < -0.39 is 6.04 Å². The second-order valence-electron chi connectivity index (χ2n) is 7.91. The molecule has 0 aliphatic carbocycles. The maximum Gasteiger partial charge on any atom is 0.276 e. The predicted octanol–water partition coefficient (Wildman–Crippen LogP) is 6.39. The highest BCUT2D eigenvalue weighted by Gasteiger charge is 2.44. The Labute approximate surface area is 196 Å². The van der Waals surface area contributed by atoms with E-state index in [-0.39, 0.29) is 11.7 Å².